The van der Waals surface area contributed by atoms with E-state index in [0.29, 0.717) is 32.5 Å². The van der Waals surface area contributed by atoms with Gasteiger partial charge in [-0.05, 0) is 52.7 Å². The second-order valence-corrected chi connectivity index (χ2v) is 7.41. The number of anilines is 1. The van der Waals surface area contributed by atoms with Crippen LogP contribution >= 0.6 is 0 Å². The average molecular weight is 320 g/mol. The first-order valence-corrected chi connectivity index (χ1v) is 8.18. The molecule has 2 N–H and O–H groups in total. The Morgan fingerprint density at radius 3 is 2.35 bits per heavy atom. The van der Waals surface area contributed by atoms with E-state index in [0.717, 1.165) is 5.69 Å². The van der Waals surface area contributed by atoms with Crippen molar-refractivity contribution < 1.29 is 14.6 Å². The van der Waals surface area contributed by atoms with Gasteiger partial charge < -0.3 is 20.1 Å². The van der Waals surface area contributed by atoms with E-state index in [1.165, 1.54) is 5.56 Å². The van der Waals surface area contributed by atoms with Crippen LogP contribution in [-0.4, -0.2) is 46.9 Å². The molecule has 1 aliphatic rings. The van der Waals surface area contributed by atoms with Gasteiger partial charge in [0, 0.05) is 25.3 Å². The minimum atomic E-state index is -0.788. The van der Waals surface area contributed by atoms with Crippen LogP contribution in [-0.2, 0) is 4.74 Å². The summed E-state index contributed by atoms with van der Waals surface area (Å²) in [5, 5.41) is 14.0. The molecule has 0 radical (unpaired) electrons. The number of amides is 1. The van der Waals surface area contributed by atoms with Crippen molar-refractivity contribution in [2.45, 2.75) is 51.7 Å². The Balaban J connectivity index is 1.82. The van der Waals surface area contributed by atoms with Crippen molar-refractivity contribution in [1.29, 1.82) is 0 Å². The van der Waals surface area contributed by atoms with Crippen LogP contribution in [0.1, 0.15) is 39.2 Å². The van der Waals surface area contributed by atoms with Gasteiger partial charge in [-0.3, -0.25) is 0 Å². The van der Waals surface area contributed by atoms with Crippen molar-refractivity contribution in [3.63, 3.8) is 0 Å². The third-order valence-electron chi connectivity index (χ3n) is 4.02. The number of rotatable bonds is 3. The number of nitrogens with zero attached hydrogens (tertiary/aromatic N) is 1. The van der Waals surface area contributed by atoms with Crippen molar-refractivity contribution in [2.75, 3.05) is 25.0 Å². The normalized spacial score (nSPS) is 17.7. The van der Waals surface area contributed by atoms with Crippen LogP contribution < -0.4 is 5.32 Å². The highest BCUT2D eigenvalue weighted by molar-refractivity contribution is 5.68. The van der Waals surface area contributed by atoms with Gasteiger partial charge in [-0.25, -0.2) is 4.79 Å². The number of carbonyl (C=O) groups is 1. The standard InChI is InChI=1S/C18H28N2O3/c1-14-5-7-15(8-6-14)19-13-18(22)9-11-20(12-10-18)16(21)23-17(2,3)4/h5-8,19,22H,9-13H2,1-4H3. The zero-order valence-corrected chi connectivity index (χ0v) is 14.6. The molecular formula is C18H28N2O3. The molecule has 128 valence electrons. The molecule has 5 heteroatoms. The van der Waals surface area contributed by atoms with Gasteiger partial charge in [0.05, 0.1) is 5.60 Å². The lowest BCUT2D eigenvalue weighted by Crippen LogP contribution is -2.50. The average Bonchev–Trinajstić information content (AvgIpc) is 2.46. The number of benzene rings is 1. The highest BCUT2D eigenvalue weighted by Crippen LogP contribution is 2.24. The van der Waals surface area contributed by atoms with E-state index >= 15 is 0 Å². The summed E-state index contributed by atoms with van der Waals surface area (Å²) in [6, 6.07) is 8.10. The first-order valence-electron chi connectivity index (χ1n) is 8.18. The quantitative estimate of drug-likeness (QED) is 0.898. The lowest BCUT2D eigenvalue weighted by molar-refractivity contribution is -0.0244. The highest BCUT2D eigenvalue weighted by atomic mass is 16.6. The molecule has 1 aromatic carbocycles. The minimum absolute atomic E-state index is 0.300. The molecule has 0 bridgehead atoms. The van der Waals surface area contributed by atoms with E-state index in [-0.39, 0.29) is 6.09 Å². The molecule has 0 saturated carbocycles. The van der Waals surface area contributed by atoms with E-state index in [4.69, 9.17) is 4.74 Å². The lowest BCUT2D eigenvalue weighted by Gasteiger charge is -2.38. The zero-order valence-electron chi connectivity index (χ0n) is 14.6. The maximum Gasteiger partial charge on any atom is 0.410 e. The van der Waals surface area contributed by atoms with Gasteiger partial charge in [-0.1, -0.05) is 17.7 Å². The molecule has 1 aromatic rings. The predicted molar refractivity (Wildman–Crippen MR) is 91.7 cm³/mol. The molecule has 0 unspecified atom stereocenters. The monoisotopic (exact) mass is 320 g/mol. The lowest BCUT2D eigenvalue weighted by atomic mass is 9.91. The maximum absolute atomic E-state index is 12.0. The summed E-state index contributed by atoms with van der Waals surface area (Å²) in [6.45, 7) is 9.13. The Kier molecular flexibility index (Phi) is 5.19. The maximum atomic E-state index is 12.0. The molecule has 1 aliphatic heterocycles. The summed E-state index contributed by atoms with van der Waals surface area (Å²) >= 11 is 0. The Labute approximate surface area is 138 Å². The van der Waals surface area contributed by atoms with E-state index in [9.17, 15) is 9.90 Å². The van der Waals surface area contributed by atoms with Gasteiger partial charge in [-0.15, -0.1) is 0 Å². The summed E-state index contributed by atoms with van der Waals surface area (Å²) in [7, 11) is 0. The number of nitrogens with one attached hydrogen (secondary N) is 1. The summed E-state index contributed by atoms with van der Waals surface area (Å²) in [6.07, 6.45) is 0.794. The van der Waals surface area contributed by atoms with Crippen LogP contribution in [0.3, 0.4) is 0 Å². The minimum Gasteiger partial charge on any atom is -0.444 e. The van der Waals surface area contributed by atoms with Gasteiger partial charge >= 0.3 is 6.09 Å². The van der Waals surface area contributed by atoms with Crippen LogP contribution in [0, 0.1) is 6.92 Å². The second kappa shape index (κ2) is 6.79. The molecule has 0 aromatic heterocycles. The van der Waals surface area contributed by atoms with Crippen LogP contribution in [0.4, 0.5) is 10.5 Å². The molecule has 0 aliphatic carbocycles. The van der Waals surface area contributed by atoms with Crippen molar-refractivity contribution in [1.82, 2.24) is 4.90 Å². The fourth-order valence-corrected chi connectivity index (χ4v) is 2.55. The summed E-state index contributed by atoms with van der Waals surface area (Å²) in [5.41, 5.74) is 0.930. The van der Waals surface area contributed by atoms with Crippen molar-refractivity contribution in [3.8, 4) is 0 Å². The Morgan fingerprint density at radius 2 is 1.83 bits per heavy atom. The number of piperidine rings is 1. The van der Waals surface area contributed by atoms with Crippen LogP contribution in [0.15, 0.2) is 24.3 Å². The van der Waals surface area contributed by atoms with Crippen molar-refractivity contribution >= 4 is 11.8 Å². The van der Waals surface area contributed by atoms with E-state index in [2.05, 4.69) is 5.32 Å². The van der Waals surface area contributed by atoms with Crippen molar-refractivity contribution in [2.24, 2.45) is 0 Å². The third kappa shape index (κ3) is 5.43. The Hall–Kier alpha value is -1.75. The third-order valence-corrected chi connectivity index (χ3v) is 4.02. The van der Waals surface area contributed by atoms with E-state index in [1.807, 2.05) is 52.0 Å². The van der Waals surface area contributed by atoms with Crippen molar-refractivity contribution in [3.05, 3.63) is 29.8 Å². The van der Waals surface area contributed by atoms with Gasteiger partial charge in [0.2, 0.25) is 0 Å². The molecule has 1 amide bonds. The number of aryl methyl sites for hydroxylation is 1. The molecule has 1 saturated heterocycles. The van der Waals surface area contributed by atoms with E-state index < -0.39 is 11.2 Å². The van der Waals surface area contributed by atoms with Crippen LogP contribution in [0.2, 0.25) is 0 Å². The molecule has 1 fully saturated rings. The predicted octanol–water partition coefficient (Wildman–Crippen LogP) is 3.17. The molecule has 2 rings (SSSR count). The molecule has 5 nitrogen and oxygen atoms in total. The highest BCUT2D eigenvalue weighted by Gasteiger charge is 2.35. The SMILES string of the molecule is Cc1ccc(NCC2(O)CCN(C(=O)OC(C)(C)C)CC2)cc1. The number of ether oxygens (including phenoxy) is 1. The van der Waals surface area contributed by atoms with Gasteiger partial charge in [0.15, 0.2) is 0 Å². The van der Waals surface area contributed by atoms with Crippen LogP contribution in [0.25, 0.3) is 0 Å². The summed E-state index contributed by atoms with van der Waals surface area (Å²) < 4.78 is 5.38. The molecule has 23 heavy (non-hydrogen) atoms. The smallest absolute Gasteiger partial charge is 0.410 e. The fourth-order valence-electron chi connectivity index (χ4n) is 2.55. The molecule has 0 atom stereocenters. The summed E-state index contributed by atoms with van der Waals surface area (Å²) in [4.78, 5) is 13.7. The Bertz CT molecular complexity index is 526. The van der Waals surface area contributed by atoms with Gasteiger partial charge in [0.1, 0.15) is 5.60 Å². The second-order valence-electron chi connectivity index (χ2n) is 7.41. The van der Waals surface area contributed by atoms with Gasteiger partial charge in [-0.2, -0.15) is 0 Å². The number of hydrogen-bond donors (Lipinski definition) is 2. The van der Waals surface area contributed by atoms with E-state index in [1.54, 1.807) is 4.90 Å². The number of likely N-dealkylation sites (tertiary alicyclic amines) is 1. The largest absolute Gasteiger partial charge is 0.444 e. The topological polar surface area (TPSA) is 61.8 Å². The molecule has 0 spiro atoms. The number of hydrogen-bond acceptors (Lipinski definition) is 4. The first kappa shape index (κ1) is 17.6. The van der Waals surface area contributed by atoms with Crippen LogP contribution in [0.5, 0.6) is 0 Å². The summed E-state index contributed by atoms with van der Waals surface area (Å²) in [5.74, 6) is 0. The number of aliphatic hydroxyl groups is 1. The molecular weight excluding hydrogens is 292 g/mol. The van der Waals surface area contributed by atoms with Gasteiger partial charge in [0.25, 0.3) is 0 Å². The first-order chi connectivity index (χ1) is 10.7. The molecule has 1 heterocycles. The zero-order chi connectivity index (χ0) is 17.1. The number of carbonyl (C=O) groups excluding carboxylic acids is 1. The fraction of sp³-hybridized carbons (Fsp3) is 0.611. The Morgan fingerprint density at radius 1 is 1.26 bits per heavy atom.